The van der Waals surface area contributed by atoms with Crippen LogP contribution in [0, 0.1) is 20.2 Å². The highest BCUT2D eigenvalue weighted by Gasteiger charge is 2.23. The molecule has 0 saturated heterocycles. The fourth-order valence-electron chi connectivity index (χ4n) is 3.11. The topological polar surface area (TPSA) is 243 Å². The summed E-state index contributed by atoms with van der Waals surface area (Å²) in [5.74, 6) is -1.40. The Bertz CT molecular complexity index is 1490. The highest BCUT2D eigenvalue weighted by molar-refractivity contribution is 6.61. The summed E-state index contributed by atoms with van der Waals surface area (Å²) in [6.07, 6.45) is 3.59. The number of non-ortho nitro benzene ring substituents is 2. The van der Waals surface area contributed by atoms with Crippen molar-refractivity contribution < 1.29 is 57.9 Å². The number of aliphatic hydroxyl groups excluding tert-OH is 1. The predicted octanol–water partition coefficient (Wildman–Crippen LogP) is 2.27. The molecule has 0 aliphatic carbocycles. The van der Waals surface area contributed by atoms with E-state index in [2.05, 4.69) is 4.74 Å². The molecule has 2 aliphatic rings. The molecule has 45 heavy (non-hydrogen) atoms. The second kappa shape index (κ2) is 17.2. The fraction of sp³-hybridized carbons (Fsp3) is 0.154. The molecule has 0 radical (unpaired) electrons. The summed E-state index contributed by atoms with van der Waals surface area (Å²) in [5, 5.41) is 29.1. The number of aliphatic hydroxyl groups is 1. The molecule has 4 amide bonds. The standard InChI is InChI=1S/C13H10N2O7.C7H4ClNO4.C6H7NO3/c16-11-5-6-12(17)14(11)7-8-21-13(18)22-10-3-1-9(2-4-10)15(19)20;8-7(10)13-6-3-1-5(2-4-6)9(11)12;8-4-3-7-5(9)1-2-6(7)10/h1-6H,7-8H2;1-4H;1-2,8H,3-4H2. The number of ether oxygens (including phenoxy) is 3. The maximum atomic E-state index is 11.4. The molecule has 0 saturated carbocycles. The van der Waals surface area contributed by atoms with Crippen molar-refractivity contribution in [3.8, 4) is 11.5 Å². The van der Waals surface area contributed by atoms with E-state index in [0.717, 1.165) is 22.0 Å². The Morgan fingerprint density at radius 2 is 1.07 bits per heavy atom. The minimum atomic E-state index is -1.04. The minimum Gasteiger partial charge on any atom is -0.432 e. The molecule has 2 aliphatic heterocycles. The minimum absolute atomic E-state index is 0.0746. The molecule has 19 heteroatoms. The Balaban J connectivity index is 0.000000259. The molecule has 0 spiro atoms. The van der Waals surface area contributed by atoms with Crippen LogP contribution in [-0.4, -0.2) is 86.3 Å². The summed E-state index contributed by atoms with van der Waals surface area (Å²) in [7, 11) is 0. The number of hydrogen-bond donors (Lipinski definition) is 1. The summed E-state index contributed by atoms with van der Waals surface area (Å²) >= 11 is 4.92. The SMILES string of the molecule is O=C(Cl)Oc1ccc([N+](=O)[O-])cc1.O=C(OCCN1C(=O)C=CC1=O)Oc1ccc([N+](=O)[O-])cc1.O=C1C=CC(=O)N1CCO. The van der Waals surface area contributed by atoms with Crippen molar-refractivity contribution in [2.75, 3.05) is 26.3 Å². The number of carbonyl (C=O) groups excluding carboxylic acids is 6. The van der Waals surface area contributed by atoms with Gasteiger partial charge >= 0.3 is 11.6 Å². The van der Waals surface area contributed by atoms with Crippen molar-refractivity contribution in [2.45, 2.75) is 0 Å². The van der Waals surface area contributed by atoms with Gasteiger partial charge in [-0.2, -0.15) is 0 Å². The van der Waals surface area contributed by atoms with E-state index in [9.17, 15) is 49.0 Å². The van der Waals surface area contributed by atoms with E-state index >= 15 is 0 Å². The molecule has 0 bridgehead atoms. The van der Waals surface area contributed by atoms with Crippen molar-refractivity contribution in [3.05, 3.63) is 93.1 Å². The van der Waals surface area contributed by atoms with Crippen molar-refractivity contribution >= 4 is 58.2 Å². The van der Waals surface area contributed by atoms with Crippen LogP contribution in [0.5, 0.6) is 11.5 Å². The van der Waals surface area contributed by atoms with E-state index in [0.29, 0.717) is 0 Å². The van der Waals surface area contributed by atoms with Gasteiger partial charge in [0.2, 0.25) is 0 Å². The summed E-state index contributed by atoms with van der Waals surface area (Å²) in [6, 6.07) is 9.86. The zero-order valence-corrected chi connectivity index (χ0v) is 23.4. The second-order valence-corrected chi connectivity index (χ2v) is 8.40. The number of β-amino-alcohol motifs (C(OH)–C–C–N with tert-alkyl or cyclic N) is 1. The zero-order valence-electron chi connectivity index (χ0n) is 22.7. The predicted molar refractivity (Wildman–Crippen MR) is 149 cm³/mol. The molecule has 0 aromatic heterocycles. The summed E-state index contributed by atoms with van der Waals surface area (Å²) in [6.45, 7) is -0.394. The lowest BCUT2D eigenvalue weighted by Gasteiger charge is -2.13. The molecule has 4 rings (SSSR count). The normalized spacial score (nSPS) is 13.0. The number of hydrogen-bond acceptors (Lipinski definition) is 14. The molecule has 1 N–H and O–H groups in total. The number of nitro groups is 2. The third-order valence-electron chi connectivity index (χ3n) is 5.15. The van der Waals surface area contributed by atoms with Crippen molar-refractivity contribution in [1.82, 2.24) is 9.80 Å². The van der Waals surface area contributed by atoms with Crippen LogP contribution < -0.4 is 9.47 Å². The molecular formula is C26H21ClN4O14. The first-order valence-electron chi connectivity index (χ1n) is 12.2. The van der Waals surface area contributed by atoms with Gasteiger partial charge in [0.15, 0.2) is 0 Å². The van der Waals surface area contributed by atoms with Crippen LogP contribution in [-0.2, 0) is 23.9 Å². The van der Waals surface area contributed by atoms with Crippen molar-refractivity contribution in [1.29, 1.82) is 0 Å². The van der Waals surface area contributed by atoms with Crippen molar-refractivity contribution in [3.63, 3.8) is 0 Å². The monoisotopic (exact) mass is 648 g/mol. The van der Waals surface area contributed by atoms with E-state index in [1.165, 1.54) is 60.7 Å². The molecule has 0 unspecified atom stereocenters. The average Bonchev–Trinajstić information content (AvgIpc) is 3.48. The summed E-state index contributed by atoms with van der Waals surface area (Å²) in [4.78, 5) is 86.9. The summed E-state index contributed by atoms with van der Waals surface area (Å²) in [5.41, 5.74) is -1.19. The van der Waals surface area contributed by atoms with Crippen LogP contribution in [0.1, 0.15) is 0 Å². The fourth-order valence-corrected chi connectivity index (χ4v) is 3.20. The first-order chi connectivity index (χ1) is 21.3. The van der Waals surface area contributed by atoms with E-state index in [1.807, 2.05) is 0 Å². The van der Waals surface area contributed by atoms with Gasteiger partial charge in [-0.3, -0.25) is 49.2 Å². The quantitative estimate of drug-likeness (QED) is 0.102. The number of nitro benzene ring substituents is 2. The lowest BCUT2D eigenvalue weighted by molar-refractivity contribution is -0.385. The number of benzene rings is 2. The highest BCUT2D eigenvalue weighted by Crippen LogP contribution is 2.18. The maximum Gasteiger partial charge on any atom is 0.513 e. The third-order valence-corrected chi connectivity index (χ3v) is 5.23. The Morgan fingerprint density at radius 3 is 1.42 bits per heavy atom. The maximum absolute atomic E-state index is 11.4. The van der Waals surface area contributed by atoms with Crippen LogP contribution >= 0.6 is 11.6 Å². The lowest BCUT2D eigenvalue weighted by Crippen LogP contribution is -2.33. The number of rotatable bonds is 9. The smallest absolute Gasteiger partial charge is 0.432 e. The number of imide groups is 2. The van der Waals surface area contributed by atoms with E-state index in [4.69, 9.17) is 26.2 Å². The Hall–Kier alpha value is -6.01. The first kappa shape index (κ1) is 35.2. The zero-order chi connectivity index (χ0) is 33.5. The van der Waals surface area contributed by atoms with E-state index in [-0.39, 0.29) is 61.0 Å². The van der Waals surface area contributed by atoms with Gasteiger partial charge in [-0.05, 0) is 24.3 Å². The average molecular weight is 649 g/mol. The van der Waals surface area contributed by atoms with Crippen LogP contribution in [0.25, 0.3) is 0 Å². The number of nitrogens with zero attached hydrogens (tertiary/aromatic N) is 4. The van der Waals surface area contributed by atoms with E-state index in [1.54, 1.807) is 0 Å². The summed E-state index contributed by atoms with van der Waals surface area (Å²) < 4.78 is 13.9. The second-order valence-electron chi connectivity index (χ2n) is 8.09. The van der Waals surface area contributed by atoms with Gasteiger partial charge in [0.25, 0.3) is 35.0 Å². The van der Waals surface area contributed by atoms with Crippen LogP contribution in [0.2, 0.25) is 0 Å². The van der Waals surface area contributed by atoms with Crippen LogP contribution in [0.15, 0.2) is 72.8 Å². The van der Waals surface area contributed by atoms with Crippen LogP contribution in [0.3, 0.4) is 0 Å². The molecule has 2 aromatic carbocycles. The van der Waals surface area contributed by atoms with E-state index < -0.39 is 33.2 Å². The molecule has 18 nitrogen and oxygen atoms in total. The first-order valence-corrected chi connectivity index (χ1v) is 12.6. The van der Waals surface area contributed by atoms with Gasteiger partial charge in [-0.15, -0.1) is 0 Å². The molecule has 2 heterocycles. The largest absolute Gasteiger partial charge is 0.513 e. The van der Waals surface area contributed by atoms with Gasteiger partial charge in [0.05, 0.1) is 29.5 Å². The Kier molecular flexibility index (Phi) is 13.4. The van der Waals surface area contributed by atoms with Gasteiger partial charge in [0.1, 0.15) is 18.1 Å². The molecule has 0 atom stereocenters. The van der Waals surface area contributed by atoms with Gasteiger partial charge in [-0.25, -0.2) is 9.59 Å². The molecule has 2 aromatic rings. The number of halogens is 1. The van der Waals surface area contributed by atoms with Gasteiger partial charge < -0.3 is 19.3 Å². The Morgan fingerprint density at radius 1 is 0.689 bits per heavy atom. The lowest BCUT2D eigenvalue weighted by atomic mass is 10.3. The molecule has 236 valence electrons. The highest BCUT2D eigenvalue weighted by atomic mass is 35.5. The number of amides is 4. The Labute approximate surface area is 256 Å². The third kappa shape index (κ3) is 11.7. The van der Waals surface area contributed by atoms with Crippen molar-refractivity contribution in [2.24, 2.45) is 0 Å². The molecule has 0 fully saturated rings. The van der Waals surface area contributed by atoms with Crippen LogP contribution in [0.4, 0.5) is 21.0 Å². The molecular weight excluding hydrogens is 628 g/mol. The number of carbonyl (C=O) groups is 6. The van der Waals surface area contributed by atoms with Gasteiger partial charge in [0, 0.05) is 60.2 Å². The van der Waals surface area contributed by atoms with Gasteiger partial charge in [-0.1, -0.05) is 0 Å².